The number of sulfonamides is 1. The number of carbonyl (C=O) groups is 1. The molecule has 0 amide bonds. The highest BCUT2D eigenvalue weighted by atomic mass is 32.2. The largest absolute Gasteiger partial charge is 0.288 e. The molecule has 3 aromatic carbocycles. The SMILES string of the molecule is Cc1ccc(S(=O)(=O)/N=C2/C=C(SCc3ccccc3)C(=O)c3ccccc32)cc1. The van der Waals surface area contributed by atoms with Gasteiger partial charge in [0.2, 0.25) is 0 Å². The van der Waals surface area contributed by atoms with E-state index in [1.54, 1.807) is 54.6 Å². The van der Waals surface area contributed by atoms with E-state index < -0.39 is 10.0 Å². The molecular weight excluding hydrogens is 414 g/mol. The molecule has 0 atom stereocenters. The Hall–Kier alpha value is -2.96. The molecule has 0 spiro atoms. The number of ketones is 1. The van der Waals surface area contributed by atoms with Crippen LogP contribution in [0.1, 0.15) is 27.0 Å². The summed E-state index contributed by atoms with van der Waals surface area (Å²) >= 11 is 1.39. The number of hydrogen-bond donors (Lipinski definition) is 0. The van der Waals surface area contributed by atoms with Crippen LogP contribution in [0.5, 0.6) is 0 Å². The zero-order valence-corrected chi connectivity index (χ0v) is 17.9. The molecule has 1 aliphatic carbocycles. The third-order valence-corrected chi connectivity index (χ3v) is 7.11. The highest BCUT2D eigenvalue weighted by molar-refractivity contribution is 8.03. The van der Waals surface area contributed by atoms with Crippen molar-refractivity contribution in [2.24, 2.45) is 4.40 Å². The van der Waals surface area contributed by atoms with Crippen molar-refractivity contribution in [3.05, 3.63) is 112 Å². The van der Waals surface area contributed by atoms with Gasteiger partial charge in [-0.1, -0.05) is 72.3 Å². The molecule has 30 heavy (non-hydrogen) atoms. The minimum absolute atomic E-state index is 0.113. The first-order valence-electron chi connectivity index (χ1n) is 9.38. The molecule has 0 saturated carbocycles. The van der Waals surface area contributed by atoms with E-state index in [9.17, 15) is 13.2 Å². The molecule has 0 aromatic heterocycles. The summed E-state index contributed by atoms with van der Waals surface area (Å²) in [6.45, 7) is 1.89. The lowest BCUT2D eigenvalue weighted by atomic mass is 9.94. The number of hydrogen-bond acceptors (Lipinski definition) is 4. The smallest absolute Gasteiger partial charge is 0.282 e. The fourth-order valence-corrected chi connectivity index (χ4v) is 5.06. The average molecular weight is 434 g/mol. The predicted molar refractivity (Wildman–Crippen MR) is 121 cm³/mol. The Balaban J connectivity index is 1.74. The van der Waals surface area contributed by atoms with E-state index in [0.29, 0.717) is 21.8 Å². The van der Waals surface area contributed by atoms with E-state index >= 15 is 0 Å². The second kappa shape index (κ2) is 8.42. The quantitative estimate of drug-likeness (QED) is 0.556. The topological polar surface area (TPSA) is 63.6 Å². The number of rotatable bonds is 5. The van der Waals surface area contributed by atoms with Crippen LogP contribution in [0.3, 0.4) is 0 Å². The summed E-state index contributed by atoms with van der Waals surface area (Å²) in [6.07, 6.45) is 1.59. The van der Waals surface area contributed by atoms with Gasteiger partial charge in [0.15, 0.2) is 5.78 Å². The van der Waals surface area contributed by atoms with Gasteiger partial charge in [-0.25, -0.2) is 0 Å². The Kier molecular flexibility index (Phi) is 5.70. The van der Waals surface area contributed by atoms with Gasteiger partial charge in [-0.15, -0.1) is 11.8 Å². The van der Waals surface area contributed by atoms with Crippen molar-refractivity contribution in [1.29, 1.82) is 0 Å². The van der Waals surface area contributed by atoms with Crippen molar-refractivity contribution >= 4 is 33.3 Å². The molecule has 0 saturated heterocycles. The maximum Gasteiger partial charge on any atom is 0.282 e. The van der Waals surface area contributed by atoms with E-state index in [0.717, 1.165) is 11.1 Å². The number of benzene rings is 3. The highest BCUT2D eigenvalue weighted by Gasteiger charge is 2.26. The first kappa shape index (κ1) is 20.3. The second-order valence-corrected chi connectivity index (χ2v) is 9.54. The lowest BCUT2D eigenvalue weighted by Gasteiger charge is -2.17. The summed E-state index contributed by atoms with van der Waals surface area (Å²) in [4.78, 5) is 13.6. The molecule has 0 aliphatic heterocycles. The minimum atomic E-state index is -3.90. The fourth-order valence-electron chi connectivity index (χ4n) is 3.12. The van der Waals surface area contributed by atoms with E-state index in [4.69, 9.17) is 0 Å². The van der Waals surface area contributed by atoms with Gasteiger partial charge in [0.05, 0.1) is 15.5 Å². The van der Waals surface area contributed by atoms with Crippen LogP contribution < -0.4 is 0 Å². The van der Waals surface area contributed by atoms with Crippen molar-refractivity contribution in [2.45, 2.75) is 17.6 Å². The van der Waals surface area contributed by atoms with Crippen LogP contribution >= 0.6 is 11.8 Å². The minimum Gasteiger partial charge on any atom is -0.288 e. The Bertz CT molecular complexity index is 1260. The summed E-state index contributed by atoms with van der Waals surface area (Å²) in [5.41, 5.74) is 3.33. The Morgan fingerprint density at radius 3 is 2.17 bits per heavy atom. The van der Waals surface area contributed by atoms with E-state index in [1.807, 2.05) is 37.3 Å². The van der Waals surface area contributed by atoms with Crippen molar-refractivity contribution in [1.82, 2.24) is 0 Å². The van der Waals surface area contributed by atoms with Crippen LogP contribution in [0.25, 0.3) is 0 Å². The number of carbonyl (C=O) groups excluding carboxylic acids is 1. The number of allylic oxidation sites excluding steroid dienone is 2. The molecule has 6 heteroatoms. The van der Waals surface area contributed by atoms with Gasteiger partial charge in [-0.05, 0) is 30.7 Å². The molecule has 1 aliphatic rings. The summed E-state index contributed by atoms with van der Waals surface area (Å²) in [5, 5.41) is 0. The van der Waals surface area contributed by atoms with Crippen molar-refractivity contribution in [3.8, 4) is 0 Å². The van der Waals surface area contributed by atoms with E-state index in [1.165, 1.54) is 11.8 Å². The molecule has 4 rings (SSSR count). The number of fused-ring (bicyclic) bond motifs is 1. The van der Waals surface area contributed by atoms with Gasteiger partial charge in [0.25, 0.3) is 10.0 Å². The number of thioether (sulfide) groups is 1. The molecule has 0 N–H and O–H groups in total. The molecule has 0 bridgehead atoms. The summed E-state index contributed by atoms with van der Waals surface area (Å²) in [7, 11) is -3.90. The van der Waals surface area contributed by atoms with Gasteiger partial charge in [0, 0.05) is 16.9 Å². The number of Topliss-reactive ketones (excluding diaryl/α,β-unsaturated/α-hetero) is 1. The van der Waals surface area contributed by atoms with Crippen molar-refractivity contribution in [2.75, 3.05) is 0 Å². The average Bonchev–Trinajstić information content (AvgIpc) is 2.76. The lowest BCUT2D eigenvalue weighted by Crippen LogP contribution is -2.17. The Labute approximate surface area is 180 Å². The van der Waals surface area contributed by atoms with Crippen LogP contribution in [0.2, 0.25) is 0 Å². The molecule has 0 heterocycles. The van der Waals surface area contributed by atoms with Crippen LogP contribution in [0, 0.1) is 6.92 Å². The summed E-state index contributed by atoms with van der Waals surface area (Å²) in [5.74, 6) is 0.497. The van der Waals surface area contributed by atoms with Gasteiger partial charge >= 0.3 is 0 Å². The normalized spacial score (nSPS) is 15.0. The molecule has 0 fully saturated rings. The van der Waals surface area contributed by atoms with Crippen LogP contribution in [0.4, 0.5) is 0 Å². The van der Waals surface area contributed by atoms with Gasteiger partial charge in [-0.2, -0.15) is 12.8 Å². The molecule has 3 aromatic rings. The highest BCUT2D eigenvalue weighted by Crippen LogP contribution is 2.31. The Morgan fingerprint density at radius 2 is 1.47 bits per heavy atom. The fraction of sp³-hybridized carbons (Fsp3) is 0.0833. The maximum absolute atomic E-state index is 13.0. The number of aryl methyl sites for hydroxylation is 1. The van der Waals surface area contributed by atoms with E-state index in [2.05, 4.69) is 4.40 Å². The van der Waals surface area contributed by atoms with Crippen molar-refractivity contribution in [3.63, 3.8) is 0 Å². The number of nitrogens with zero attached hydrogens (tertiary/aromatic N) is 1. The zero-order chi connectivity index (χ0) is 21.1. The molecule has 4 nitrogen and oxygen atoms in total. The molecule has 0 radical (unpaired) electrons. The third-order valence-electron chi connectivity index (χ3n) is 4.71. The predicted octanol–water partition coefficient (Wildman–Crippen LogP) is 5.19. The van der Waals surface area contributed by atoms with Crippen LogP contribution in [0.15, 0.2) is 99.1 Å². The van der Waals surface area contributed by atoms with Gasteiger partial charge in [-0.3, -0.25) is 4.79 Å². The van der Waals surface area contributed by atoms with Crippen molar-refractivity contribution < 1.29 is 13.2 Å². The first-order chi connectivity index (χ1) is 14.4. The third kappa shape index (κ3) is 4.30. The molecular formula is C24H19NO3S2. The second-order valence-electron chi connectivity index (χ2n) is 6.92. The molecule has 0 unspecified atom stereocenters. The van der Waals surface area contributed by atoms with Gasteiger partial charge in [0.1, 0.15) is 0 Å². The maximum atomic E-state index is 13.0. The zero-order valence-electron chi connectivity index (χ0n) is 16.3. The monoisotopic (exact) mass is 433 g/mol. The Morgan fingerprint density at radius 1 is 0.833 bits per heavy atom. The van der Waals surface area contributed by atoms with Crippen LogP contribution in [-0.2, 0) is 15.8 Å². The first-order valence-corrected chi connectivity index (χ1v) is 11.8. The standard InChI is InChI=1S/C24H19NO3S2/c1-17-11-13-19(14-12-17)30(27,28)25-22-15-23(29-16-18-7-3-2-4-8-18)24(26)21-10-6-5-9-20(21)22/h2-15H,16H2,1H3/b25-22-. The van der Waals surface area contributed by atoms with Crippen LogP contribution in [-0.4, -0.2) is 19.9 Å². The van der Waals surface area contributed by atoms with Gasteiger partial charge < -0.3 is 0 Å². The lowest BCUT2D eigenvalue weighted by molar-refractivity contribution is 0.104. The summed E-state index contributed by atoms with van der Waals surface area (Å²) < 4.78 is 29.9. The summed E-state index contributed by atoms with van der Waals surface area (Å²) in [6, 6.07) is 23.4. The van der Waals surface area contributed by atoms with E-state index in [-0.39, 0.29) is 16.4 Å². The molecule has 150 valence electrons.